The molecule has 1 amide bonds. The molecule has 0 saturated carbocycles. The maximum absolute atomic E-state index is 15.5. The first-order valence-electron chi connectivity index (χ1n) is 20.5. The molecule has 1 heterocycles. The number of ketones is 3. The average molecular weight is 929 g/mol. The maximum atomic E-state index is 15.5. The van der Waals surface area contributed by atoms with Crippen molar-refractivity contribution in [3.63, 3.8) is 0 Å². The summed E-state index contributed by atoms with van der Waals surface area (Å²) in [5, 5.41) is 21.7. The van der Waals surface area contributed by atoms with E-state index >= 15 is 18.0 Å². The van der Waals surface area contributed by atoms with Gasteiger partial charge in [0.25, 0.3) is 15.9 Å². The Hall–Kier alpha value is -6.68. The highest BCUT2D eigenvalue weighted by atomic mass is 32.2. The molecule has 0 aromatic heterocycles. The summed E-state index contributed by atoms with van der Waals surface area (Å²) < 4.78 is 47.5. The van der Waals surface area contributed by atoms with Crippen molar-refractivity contribution in [2.24, 2.45) is 39.8 Å². The minimum atomic E-state index is -5.60. The van der Waals surface area contributed by atoms with Crippen LogP contribution in [0.15, 0.2) is 113 Å². The first-order valence-corrected chi connectivity index (χ1v) is 21.9. The van der Waals surface area contributed by atoms with E-state index in [1.807, 2.05) is 0 Å². The monoisotopic (exact) mass is 928 g/mol. The summed E-state index contributed by atoms with van der Waals surface area (Å²) in [6, 6.07) is 25.0. The van der Waals surface area contributed by atoms with Gasteiger partial charge in [0.15, 0.2) is 41.1 Å². The topological polar surface area (TPSA) is 324 Å². The molecule has 5 rings (SSSR count). The number of aliphatic carboxylic acids is 2. The highest BCUT2D eigenvalue weighted by Gasteiger charge is 2.74. The number of nitrogens with zero attached hydrogens (tertiary/aromatic N) is 2. The van der Waals surface area contributed by atoms with Crippen molar-refractivity contribution >= 4 is 51.2 Å². The van der Waals surface area contributed by atoms with E-state index in [0.29, 0.717) is 27.8 Å². The van der Waals surface area contributed by atoms with E-state index in [4.69, 9.17) is 37.1 Å². The van der Waals surface area contributed by atoms with E-state index in [2.05, 4.69) is 4.99 Å². The Bertz CT molecular complexity index is 2590. The lowest BCUT2D eigenvalue weighted by molar-refractivity contribution is -0.173. The van der Waals surface area contributed by atoms with Gasteiger partial charge in [0.05, 0.1) is 37.2 Å². The van der Waals surface area contributed by atoms with Crippen LogP contribution in [-0.4, -0.2) is 101 Å². The van der Waals surface area contributed by atoms with E-state index in [9.17, 15) is 29.4 Å². The normalized spacial score (nSPS) is 18.5. The molecule has 20 heteroatoms. The van der Waals surface area contributed by atoms with E-state index in [1.165, 1.54) is 13.0 Å². The van der Waals surface area contributed by atoms with Gasteiger partial charge in [-0.3, -0.25) is 29.9 Å². The number of Topliss-reactive ketones (excluding diaryl/α,β-unsaturated/α-hetero) is 3. The van der Waals surface area contributed by atoms with Gasteiger partial charge in [0.2, 0.25) is 5.54 Å². The molecule has 19 nitrogen and oxygen atoms in total. The van der Waals surface area contributed by atoms with Gasteiger partial charge in [-0.2, -0.15) is 0 Å². The van der Waals surface area contributed by atoms with Crippen molar-refractivity contribution < 1.29 is 61.6 Å². The predicted octanol–water partition coefficient (Wildman–Crippen LogP) is 1.66. The second-order valence-corrected chi connectivity index (χ2v) is 17.5. The number of hydrogen-bond acceptors (Lipinski definition) is 14. The van der Waals surface area contributed by atoms with Crippen molar-refractivity contribution in [3.05, 3.63) is 137 Å². The smallest absolute Gasteiger partial charge is 0.339 e. The van der Waals surface area contributed by atoms with Crippen LogP contribution in [0.2, 0.25) is 0 Å². The quantitative estimate of drug-likeness (QED) is 0.0267. The third kappa shape index (κ3) is 10.4. The summed E-state index contributed by atoms with van der Waals surface area (Å²) in [4.78, 5) is 90.3. The van der Waals surface area contributed by atoms with Gasteiger partial charge in [-0.1, -0.05) is 97.1 Å². The van der Waals surface area contributed by atoms with Crippen molar-refractivity contribution in [2.45, 2.75) is 75.3 Å². The zero-order valence-corrected chi connectivity index (χ0v) is 37.2. The van der Waals surface area contributed by atoms with E-state index < -0.39 is 124 Å². The molecule has 0 bridgehead atoms. The summed E-state index contributed by atoms with van der Waals surface area (Å²) in [6.07, 6.45) is -3.16. The van der Waals surface area contributed by atoms with Gasteiger partial charge in [0, 0.05) is 6.54 Å². The number of guanidine groups is 1. The summed E-state index contributed by atoms with van der Waals surface area (Å²) in [6.45, 7) is 2.08. The molecule has 0 radical (unpaired) electrons. The molecule has 1 aliphatic rings. The molecule has 3 unspecified atom stereocenters. The lowest BCUT2D eigenvalue weighted by atomic mass is 9.72. The molecule has 0 aliphatic carbocycles. The molecule has 0 spiro atoms. The van der Waals surface area contributed by atoms with Crippen LogP contribution in [0, 0.1) is 32.6 Å². The number of sulfonamides is 1. The fraction of sp³-hybridized carbons (Fsp3) is 0.326. The van der Waals surface area contributed by atoms with Crippen LogP contribution in [0.25, 0.3) is 0 Å². The molecule has 1 aliphatic heterocycles. The zero-order valence-electron chi connectivity index (χ0n) is 36.4. The minimum Gasteiger partial charge on any atom is -0.479 e. The average Bonchev–Trinajstić information content (AvgIpc) is 3.53. The summed E-state index contributed by atoms with van der Waals surface area (Å²) in [5.41, 5.74) is 20.2. The number of hydrogen-bond donors (Lipinski definition) is 6. The highest BCUT2D eigenvalue weighted by Crippen LogP contribution is 2.46. The van der Waals surface area contributed by atoms with Crippen molar-refractivity contribution in [3.8, 4) is 0 Å². The van der Waals surface area contributed by atoms with Crippen LogP contribution in [0.3, 0.4) is 0 Å². The Balaban J connectivity index is 1.74. The van der Waals surface area contributed by atoms with Gasteiger partial charge >= 0.3 is 11.9 Å². The Morgan fingerprint density at radius 3 is 1.85 bits per heavy atom. The molecule has 1 saturated heterocycles. The maximum Gasteiger partial charge on any atom is 0.339 e. The first-order chi connectivity index (χ1) is 31.2. The van der Waals surface area contributed by atoms with Gasteiger partial charge < -0.3 is 41.6 Å². The lowest BCUT2D eigenvalue weighted by Crippen LogP contribution is -2.69. The minimum absolute atomic E-state index is 0.0262. The molecule has 4 aromatic rings. The molecular weight excluding hydrogens is 877 g/mol. The molecule has 1 fully saturated rings. The number of carbonyl (C=O) groups is 6. The molecular formula is C46H52N6O13S. The first kappa shape index (κ1) is 50.3. The number of carboxylic acids is 2. The van der Waals surface area contributed by atoms with Crippen molar-refractivity contribution in [1.29, 1.82) is 0 Å². The lowest BCUT2D eigenvalue weighted by Gasteiger charge is -2.41. The van der Waals surface area contributed by atoms with Gasteiger partial charge in [0.1, 0.15) is 6.04 Å². The molecule has 350 valence electrons. The fourth-order valence-electron chi connectivity index (χ4n) is 7.69. The van der Waals surface area contributed by atoms with E-state index in [-0.39, 0.29) is 16.5 Å². The zero-order chi connectivity index (χ0) is 48.6. The largest absolute Gasteiger partial charge is 0.479 e. The highest BCUT2D eigenvalue weighted by molar-refractivity contribution is 7.90. The van der Waals surface area contributed by atoms with Gasteiger partial charge in [-0.05, 0) is 66.6 Å². The van der Waals surface area contributed by atoms with Crippen molar-refractivity contribution in [1.82, 2.24) is 4.31 Å². The van der Waals surface area contributed by atoms with Crippen LogP contribution >= 0.6 is 0 Å². The molecule has 10 N–H and O–H groups in total. The number of benzene rings is 4. The molecule has 4 aromatic carbocycles. The van der Waals surface area contributed by atoms with Crippen LogP contribution < -0.4 is 22.9 Å². The summed E-state index contributed by atoms with van der Waals surface area (Å²) in [5.74, 6) is -17.3. The Kier molecular flexibility index (Phi) is 16.1. The second kappa shape index (κ2) is 21.1. The van der Waals surface area contributed by atoms with Crippen molar-refractivity contribution in [2.75, 3.05) is 13.2 Å². The Morgan fingerprint density at radius 2 is 1.33 bits per heavy atom. The van der Waals surface area contributed by atoms with E-state index in [1.54, 1.807) is 105 Å². The van der Waals surface area contributed by atoms with Crippen LogP contribution in [0.1, 0.15) is 39.8 Å². The number of nitrogens with two attached hydrogens (primary N) is 4. The van der Waals surface area contributed by atoms with E-state index in [0.717, 1.165) is 6.07 Å². The number of ether oxygens (including phenoxy) is 3. The fourth-order valence-corrected chi connectivity index (χ4v) is 9.68. The number of carbonyl (C=O) groups excluding carboxylic acids is 4. The Labute approximate surface area is 380 Å². The predicted molar refractivity (Wildman–Crippen MR) is 237 cm³/mol. The summed E-state index contributed by atoms with van der Waals surface area (Å²) >= 11 is 0. The molecule has 6 atom stereocenters. The number of carboxylic acid groups (broad SMARTS) is 2. The van der Waals surface area contributed by atoms with Crippen LogP contribution in [0.5, 0.6) is 0 Å². The third-order valence-electron chi connectivity index (χ3n) is 11.4. The third-order valence-corrected chi connectivity index (χ3v) is 13.4. The number of amides is 1. The van der Waals surface area contributed by atoms with Gasteiger partial charge in [-0.25, -0.2) is 22.3 Å². The second-order valence-electron chi connectivity index (χ2n) is 15.7. The summed E-state index contributed by atoms with van der Waals surface area (Å²) in [7, 11) is -5.60. The molecule has 66 heavy (non-hydrogen) atoms. The Morgan fingerprint density at radius 1 is 0.803 bits per heavy atom. The SMILES string of the molecule is Cc1ccc(S(=O)(=O)N2C(=O)C(C(=O)[C@@H](N)C(OCc3ccccc3)C(=O)O)C(=O)[C@@]2(C(=O)O)C(CCN=C(N)N)C(=O)[C@@](N)(COCc2ccccc2)OCc2ccccc2)c(C)c1C. The number of aryl methyl sites for hydroxylation is 1. The number of rotatable bonds is 23. The van der Waals surface area contributed by atoms with Gasteiger partial charge in [-0.15, -0.1) is 0 Å². The number of aliphatic imine (C=N–C) groups is 1. The van der Waals surface area contributed by atoms with Crippen LogP contribution in [-0.2, 0) is 72.8 Å². The van der Waals surface area contributed by atoms with Crippen LogP contribution in [0.4, 0.5) is 0 Å². The standard InChI is InChI=1S/C46H52N6O13S/c1-27-19-20-34(29(3)28(27)2)66(61,62)52-41(56)35(37(53)36(47)38(42(57)58)64-24-31-15-9-5-10-16-31)40(55)46(52,43(59)60)33(21-22-51-44(48)49)39(54)45(50,65-25-32-17-11-6-12-18-32)26-63-23-30-13-7-4-8-14-30/h4-20,33,35-36,38H,21-26,47,50H2,1-3H3,(H,57,58)(H,59,60)(H4,48,49,51)/t33?,35?,36-,38?,45-,46-/m1/s1.